The lowest BCUT2D eigenvalue weighted by Crippen LogP contribution is -2.37. The number of nitrogens with zero attached hydrogens (tertiary/aromatic N) is 1. The zero-order valence-corrected chi connectivity index (χ0v) is 17.7. The lowest BCUT2D eigenvalue weighted by Gasteiger charge is -2.24. The molecule has 0 unspecified atom stereocenters. The van der Waals surface area contributed by atoms with Gasteiger partial charge in [0.1, 0.15) is 5.75 Å². The van der Waals surface area contributed by atoms with E-state index < -0.39 is 11.6 Å². The van der Waals surface area contributed by atoms with Crippen LogP contribution in [0.15, 0.2) is 36.4 Å². The number of amides is 1. The van der Waals surface area contributed by atoms with Crippen LogP contribution in [0.25, 0.3) is 0 Å². The highest BCUT2D eigenvalue weighted by atomic mass is 19.2. The summed E-state index contributed by atoms with van der Waals surface area (Å²) in [4.78, 5) is 14.3. The van der Waals surface area contributed by atoms with Crippen molar-refractivity contribution in [2.75, 3.05) is 26.3 Å². The molecule has 0 saturated heterocycles. The lowest BCUT2D eigenvalue weighted by molar-refractivity contribution is -0.122. The second-order valence-electron chi connectivity index (χ2n) is 7.89. The van der Waals surface area contributed by atoms with Crippen molar-refractivity contribution in [1.82, 2.24) is 10.2 Å². The minimum absolute atomic E-state index is 0.0657. The van der Waals surface area contributed by atoms with Gasteiger partial charge in [0.05, 0.1) is 13.2 Å². The van der Waals surface area contributed by atoms with E-state index in [1.807, 2.05) is 18.2 Å². The highest BCUT2D eigenvalue weighted by Crippen LogP contribution is 2.25. The molecule has 0 aliphatic carbocycles. The molecule has 0 fully saturated rings. The number of aliphatic hydroxyl groups is 1. The van der Waals surface area contributed by atoms with E-state index >= 15 is 0 Å². The van der Waals surface area contributed by atoms with Gasteiger partial charge in [-0.3, -0.25) is 9.69 Å². The van der Waals surface area contributed by atoms with Crippen molar-refractivity contribution in [2.45, 2.75) is 45.2 Å². The van der Waals surface area contributed by atoms with Crippen molar-refractivity contribution >= 4 is 5.91 Å². The Kier molecular flexibility index (Phi) is 8.79. The van der Waals surface area contributed by atoms with Gasteiger partial charge in [-0.2, -0.15) is 0 Å². The van der Waals surface area contributed by atoms with Gasteiger partial charge in [-0.15, -0.1) is 0 Å². The first-order valence-corrected chi connectivity index (χ1v) is 10.8. The van der Waals surface area contributed by atoms with Crippen LogP contribution in [0, 0.1) is 11.6 Å². The number of carbonyl (C=O) groups excluding carboxylic acids is 1. The molecule has 0 bridgehead atoms. The minimum Gasteiger partial charge on any atom is -0.493 e. The van der Waals surface area contributed by atoms with Crippen LogP contribution >= 0.6 is 0 Å². The van der Waals surface area contributed by atoms with Crippen molar-refractivity contribution in [3.63, 3.8) is 0 Å². The average molecular weight is 433 g/mol. The first kappa shape index (κ1) is 23.2. The monoisotopic (exact) mass is 432 g/mol. The van der Waals surface area contributed by atoms with Crippen LogP contribution in [0.3, 0.4) is 0 Å². The van der Waals surface area contributed by atoms with Crippen molar-refractivity contribution in [2.24, 2.45) is 0 Å². The summed E-state index contributed by atoms with van der Waals surface area (Å²) in [6.07, 6.45) is 4.08. The predicted molar refractivity (Wildman–Crippen MR) is 115 cm³/mol. The quantitative estimate of drug-likeness (QED) is 0.758. The molecule has 0 radical (unpaired) electrons. The van der Waals surface area contributed by atoms with Crippen LogP contribution in [0.2, 0.25) is 0 Å². The number of carbonyl (C=O) groups is 1. The third-order valence-corrected chi connectivity index (χ3v) is 5.34. The van der Waals surface area contributed by atoms with Gasteiger partial charge in [-0.1, -0.05) is 24.3 Å². The van der Waals surface area contributed by atoms with E-state index in [9.17, 15) is 13.6 Å². The van der Waals surface area contributed by atoms with Crippen LogP contribution in [-0.2, 0) is 24.3 Å². The Morgan fingerprint density at radius 2 is 1.97 bits per heavy atom. The van der Waals surface area contributed by atoms with Gasteiger partial charge in [0.2, 0.25) is 5.91 Å². The molecule has 2 aromatic carbocycles. The second kappa shape index (κ2) is 11.8. The number of halogens is 2. The van der Waals surface area contributed by atoms with Crippen molar-refractivity contribution < 1.29 is 23.4 Å². The van der Waals surface area contributed by atoms with E-state index in [4.69, 9.17) is 9.84 Å². The second-order valence-corrected chi connectivity index (χ2v) is 7.89. The molecule has 0 spiro atoms. The fourth-order valence-corrected chi connectivity index (χ4v) is 3.73. The number of rotatable bonds is 5. The van der Waals surface area contributed by atoms with E-state index in [0.29, 0.717) is 26.1 Å². The number of benzene rings is 2. The first-order chi connectivity index (χ1) is 15.1. The summed E-state index contributed by atoms with van der Waals surface area (Å²) < 4.78 is 34.0. The SMILES string of the molecule is O=C1CN(Cc2cccc(F)c2F)Cc2cc(CCCO)ccc2OCCCCCN1. The van der Waals surface area contributed by atoms with Crippen LogP contribution in [0.4, 0.5) is 8.78 Å². The third kappa shape index (κ3) is 7.01. The van der Waals surface area contributed by atoms with Gasteiger partial charge >= 0.3 is 0 Å². The molecule has 1 heterocycles. The Morgan fingerprint density at radius 3 is 2.81 bits per heavy atom. The Morgan fingerprint density at radius 1 is 1.10 bits per heavy atom. The van der Waals surface area contributed by atoms with Crippen molar-refractivity contribution in [1.29, 1.82) is 0 Å². The standard InChI is InChI=1S/C24H30F2N2O3/c25-21-8-4-7-19(24(21)26)15-28-16-20-14-18(6-5-12-29)9-10-22(20)31-13-3-1-2-11-27-23(30)17-28/h4,7-10,14,29H,1-3,5-6,11-13,15-17H2,(H,27,30). The number of ether oxygens (including phenoxy) is 1. The van der Waals surface area contributed by atoms with Gasteiger partial charge in [-0.25, -0.2) is 8.78 Å². The van der Waals surface area contributed by atoms with Crippen molar-refractivity contribution in [3.05, 3.63) is 64.7 Å². The first-order valence-electron chi connectivity index (χ1n) is 10.8. The maximum Gasteiger partial charge on any atom is 0.234 e. The van der Waals surface area contributed by atoms with E-state index in [1.54, 1.807) is 4.90 Å². The summed E-state index contributed by atoms with van der Waals surface area (Å²) in [5.74, 6) is -1.20. The van der Waals surface area contributed by atoms with Gasteiger partial charge in [-0.05, 0) is 49.8 Å². The lowest BCUT2D eigenvalue weighted by atomic mass is 10.0. The molecule has 0 aromatic heterocycles. The number of nitrogens with one attached hydrogen (secondary N) is 1. The van der Waals surface area contributed by atoms with E-state index in [0.717, 1.165) is 48.6 Å². The minimum atomic E-state index is -0.900. The Hall–Kier alpha value is -2.51. The smallest absolute Gasteiger partial charge is 0.234 e. The zero-order valence-electron chi connectivity index (χ0n) is 17.7. The fraction of sp³-hybridized carbons (Fsp3) is 0.458. The van der Waals surface area contributed by atoms with E-state index in [-0.39, 0.29) is 31.2 Å². The number of hydrogen-bond acceptors (Lipinski definition) is 4. The largest absolute Gasteiger partial charge is 0.493 e. The Bertz CT molecular complexity index is 876. The fourth-order valence-electron chi connectivity index (χ4n) is 3.73. The molecule has 1 aliphatic rings. The predicted octanol–water partition coefficient (Wildman–Crippen LogP) is 3.57. The normalized spacial score (nSPS) is 16.3. The van der Waals surface area contributed by atoms with Gasteiger partial charge < -0.3 is 15.2 Å². The zero-order chi connectivity index (χ0) is 22.1. The number of aliphatic hydroxyl groups excluding tert-OH is 1. The molecular formula is C24H30F2N2O3. The van der Waals surface area contributed by atoms with Crippen LogP contribution in [0.1, 0.15) is 42.4 Å². The molecule has 1 aliphatic heterocycles. The topological polar surface area (TPSA) is 61.8 Å². The van der Waals surface area contributed by atoms with Crippen LogP contribution < -0.4 is 10.1 Å². The number of aryl methyl sites for hydroxylation is 1. The molecular weight excluding hydrogens is 402 g/mol. The molecule has 3 rings (SSSR count). The maximum absolute atomic E-state index is 14.3. The molecule has 0 saturated carbocycles. The summed E-state index contributed by atoms with van der Waals surface area (Å²) in [6.45, 7) is 1.78. The van der Waals surface area contributed by atoms with E-state index in [1.165, 1.54) is 12.1 Å². The molecule has 2 N–H and O–H groups in total. The van der Waals surface area contributed by atoms with Crippen LogP contribution in [-0.4, -0.2) is 42.2 Å². The molecule has 7 heteroatoms. The maximum atomic E-state index is 14.3. The highest BCUT2D eigenvalue weighted by molar-refractivity contribution is 5.78. The summed E-state index contributed by atoms with van der Waals surface area (Å²) in [7, 11) is 0. The Balaban J connectivity index is 1.89. The molecule has 5 nitrogen and oxygen atoms in total. The molecule has 2 aromatic rings. The highest BCUT2D eigenvalue weighted by Gasteiger charge is 2.18. The summed E-state index contributed by atoms with van der Waals surface area (Å²) in [5.41, 5.74) is 2.15. The van der Waals surface area contributed by atoms with E-state index in [2.05, 4.69) is 5.32 Å². The van der Waals surface area contributed by atoms with Gasteiger partial charge in [0.15, 0.2) is 11.6 Å². The van der Waals surface area contributed by atoms with Gasteiger partial charge in [0.25, 0.3) is 0 Å². The molecule has 31 heavy (non-hydrogen) atoms. The molecule has 0 atom stereocenters. The summed E-state index contributed by atoms with van der Waals surface area (Å²) >= 11 is 0. The van der Waals surface area contributed by atoms with Gasteiger partial charge in [0, 0.05) is 37.4 Å². The summed E-state index contributed by atoms with van der Waals surface area (Å²) in [5, 5.41) is 12.1. The number of hydrogen-bond donors (Lipinski definition) is 2. The van der Waals surface area contributed by atoms with Crippen molar-refractivity contribution in [3.8, 4) is 5.75 Å². The number of fused-ring (bicyclic) bond motifs is 1. The summed E-state index contributed by atoms with van der Waals surface area (Å²) in [6, 6.07) is 10.0. The third-order valence-electron chi connectivity index (χ3n) is 5.34. The average Bonchev–Trinajstić information content (AvgIpc) is 2.76. The molecule has 168 valence electrons. The Labute approximate surface area is 182 Å². The molecule has 1 amide bonds. The van der Waals surface area contributed by atoms with Crippen LogP contribution in [0.5, 0.6) is 5.75 Å².